The van der Waals surface area contributed by atoms with Gasteiger partial charge in [0.05, 0.1) is 22.1 Å². The molecule has 1 saturated carbocycles. The lowest BCUT2D eigenvalue weighted by molar-refractivity contribution is -0.120. The maximum absolute atomic E-state index is 14.0. The van der Waals surface area contributed by atoms with Crippen molar-refractivity contribution in [3.05, 3.63) is 40.8 Å². The quantitative estimate of drug-likeness (QED) is 0.518. The molecule has 4 rings (SSSR count). The highest BCUT2D eigenvalue weighted by molar-refractivity contribution is 7.20. The smallest absolute Gasteiger partial charge is 0.259 e. The number of nitrogens with zero attached hydrogens (tertiary/aromatic N) is 2. The molecule has 0 unspecified atom stereocenters. The van der Waals surface area contributed by atoms with Crippen LogP contribution in [0.25, 0.3) is 10.2 Å². The summed E-state index contributed by atoms with van der Waals surface area (Å²) in [6, 6.07) is 4.43. The molecule has 32 heavy (non-hydrogen) atoms. The van der Waals surface area contributed by atoms with Crippen LogP contribution in [0.3, 0.4) is 0 Å². The number of amides is 2. The van der Waals surface area contributed by atoms with Gasteiger partial charge in [0.1, 0.15) is 28.5 Å². The summed E-state index contributed by atoms with van der Waals surface area (Å²) in [5.41, 5.74) is 6.73. The van der Waals surface area contributed by atoms with Crippen LogP contribution in [0.15, 0.2) is 24.5 Å². The Hall–Kier alpha value is -3.27. The van der Waals surface area contributed by atoms with Gasteiger partial charge >= 0.3 is 0 Å². The highest BCUT2D eigenvalue weighted by atomic mass is 32.1. The number of benzene rings is 1. The van der Waals surface area contributed by atoms with Crippen LogP contribution in [0.1, 0.15) is 47.8 Å². The molecule has 2 heterocycles. The van der Waals surface area contributed by atoms with Crippen LogP contribution in [0.2, 0.25) is 0 Å². The van der Waals surface area contributed by atoms with Gasteiger partial charge < -0.3 is 21.1 Å². The minimum absolute atomic E-state index is 0.0367. The number of carbonyl (C=O) groups is 2. The van der Waals surface area contributed by atoms with Crippen molar-refractivity contribution in [2.24, 2.45) is 5.73 Å². The molecule has 0 aliphatic heterocycles. The van der Waals surface area contributed by atoms with E-state index >= 15 is 0 Å². The second-order valence-corrected chi connectivity index (χ2v) is 8.88. The monoisotopic (exact) mass is 457 g/mol. The van der Waals surface area contributed by atoms with Crippen molar-refractivity contribution >= 4 is 44.9 Å². The highest BCUT2D eigenvalue weighted by Gasteiger charge is 2.24. The third kappa shape index (κ3) is 4.64. The first kappa shape index (κ1) is 21.9. The van der Waals surface area contributed by atoms with E-state index in [0.29, 0.717) is 37.9 Å². The molecule has 10 heteroatoms. The number of hydrogen-bond acceptors (Lipinski definition) is 7. The molecule has 2 aromatic heterocycles. The number of nitrogens with two attached hydrogens (primary N) is 1. The summed E-state index contributed by atoms with van der Waals surface area (Å²) in [5, 5.41) is 6.85. The highest BCUT2D eigenvalue weighted by Crippen LogP contribution is 2.37. The Morgan fingerprint density at radius 3 is 2.66 bits per heavy atom. The topological polar surface area (TPSA) is 119 Å². The zero-order chi connectivity index (χ0) is 22.8. The zero-order valence-electron chi connectivity index (χ0n) is 17.8. The van der Waals surface area contributed by atoms with E-state index in [0.717, 1.165) is 25.7 Å². The van der Waals surface area contributed by atoms with Crippen molar-refractivity contribution in [3.8, 4) is 5.75 Å². The second kappa shape index (κ2) is 9.07. The number of fused-ring (bicyclic) bond motifs is 1. The molecule has 168 valence electrons. The maximum Gasteiger partial charge on any atom is 0.259 e. The minimum Gasteiger partial charge on any atom is -0.488 e. The number of hydrogen-bond donors (Lipinski definition) is 3. The Balaban J connectivity index is 1.57. The van der Waals surface area contributed by atoms with Gasteiger partial charge in [-0.2, -0.15) is 0 Å². The van der Waals surface area contributed by atoms with Crippen LogP contribution in [0, 0.1) is 12.7 Å². The van der Waals surface area contributed by atoms with E-state index in [9.17, 15) is 14.0 Å². The summed E-state index contributed by atoms with van der Waals surface area (Å²) in [4.78, 5) is 32.6. The number of ether oxygens (including phenoxy) is 1. The number of primary amides is 1. The van der Waals surface area contributed by atoms with Gasteiger partial charge in [-0.1, -0.05) is 0 Å². The molecule has 4 N–H and O–H groups in total. The number of thiophene rings is 1. The lowest BCUT2D eigenvalue weighted by Crippen LogP contribution is -2.38. The number of rotatable bonds is 6. The zero-order valence-corrected chi connectivity index (χ0v) is 18.6. The van der Waals surface area contributed by atoms with E-state index in [2.05, 4.69) is 20.6 Å². The van der Waals surface area contributed by atoms with Crippen LogP contribution in [-0.2, 0) is 4.79 Å². The largest absolute Gasteiger partial charge is 0.488 e. The maximum atomic E-state index is 14.0. The van der Waals surface area contributed by atoms with Gasteiger partial charge in [-0.05, 0) is 50.3 Å². The van der Waals surface area contributed by atoms with Crippen molar-refractivity contribution in [1.82, 2.24) is 15.3 Å². The predicted octanol–water partition coefficient (Wildman–Crippen LogP) is 3.81. The average molecular weight is 458 g/mol. The number of halogens is 1. The molecular weight excluding hydrogens is 433 g/mol. The van der Waals surface area contributed by atoms with E-state index in [4.69, 9.17) is 10.5 Å². The Morgan fingerprint density at radius 1 is 1.22 bits per heavy atom. The van der Waals surface area contributed by atoms with E-state index < -0.39 is 11.7 Å². The van der Waals surface area contributed by atoms with Crippen molar-refractivity contribution in [2.75, 3.05) is 5.32 Å². The summed E-state index contributed by atoms with van der Waals surface area (Å²) >= 11 is 1.21. The summed E-state index contributed by atoms with van der Waals surface area (Å²) in [6.07, 6.45) is 4.43. The fourth-order valence-corrected chi connectivity index (χ4v) is 5.02. The summed E-state index contributed by atoms with van der Waals surface area (Å²) < 4.78 is 20.2. The van der Waals surface area contributed by atoms with E-state index in [1.807, 2.05) is 0 Å². The summed E-state index contributed by atoms with van der Waals surface area (Å²) in [7, 11) is 0. The lowest BCUT2D eigenvalue weighted by Gasteiger charge is -2.30. The Morgan fingerprint density at radius 2 is 1.97 bits per heavy atom. The van der Waals surface area contributed by atoms with Crippen molar-refractivity contribution in [2.45, 2.75) is 51.7 Å². The fourth-order valence-electron chi connectivity index (χ4n) is 4.02. The van der Waals surface area contributed by atoms with Crippen molar-refractivity contribution in [1.29, 1.82) is 0 Å². The van der Waals surface area contributed by atoms with Crippen LogP contribution in [-0.4, -0.2) is 33.9 Å². The Bertz CT molecular complexity index is 1170. The summed E-state index contributed by atoms with van der Waals surface area (Å²) in [5.74, 6) is -0.0969. The van der Waals surface area contributed by atoms with E-state index in [1.165, 1.54) is 36.7 Å². The molecule has 1 aromatic carbocycles. The first-order valence-electron chi connectivity index (χ1n) is 10.4. The van der Waals surface area contributed by atoms with Crippen molar-refractivity contribution < 1.29 is 18.7 Å². The van der Waals surface area contributed by atoms with E-state index in [1.54, 1.807) is 13.0 Å². The van der Waals surface area contributed by atoms with Gasteiger partial charge in [0.25, 0.3) is 5.91 Å². The van der Waals surface area contributed by atoms with Gasteiger partial charge in [-0.3, -0.25) is 9.59 Å². The molecule has 1 aliphatic carbocycles. The first-order chi connectivity index (χ1) is 15.3. The number of anilines is 2. The Labute approximate surface area is 188 Å². The molecule has 3 aromatic rings. The lowest BCUT2D eigenvalue weighted by atomic mass is 9.93. The summed E-state index contributed by atoms with van der Waals surface area (Å²) in [6.45, 7) is 3.31. The molecule has 0 spiro atoms. The Kier molecular flexibility index (Phi) is 6.22. The molecule has 0 radical (unpaired) electrons. The molecular formula is C22H24FN5O3S. The van der Waals surface area contributed by atoms with Crippen LogP contribution < -0.4 is 21.1 Å². The predicted molar refractivity (Wildman–Crippen MR) is 121 cm³/mol. The molecule has 2 amide bonds. The number of aryl methyl sites for hydroxylation is 1. The molecule has 0 atom stereocenters. The second-order valence-electron chi connectivity index (χ2n) is 7.88. The SMILES string of the molecule is CC(=O)N[C@H]1CC[C@H](Oc2cc(F)ccc2Nc2ncnc3sc(C(N)=O)c(C)c23)CC1. The van der Waals surface area contributed by atoms with Gasteiger partial charge in [0, 0.05) is 19.0 Å². The minimum atomic E-state index is -0.517. The normalized spacial score (nSPS) is 18.3. The van der Waals surface area contributed by atoms with Gasteiger partial charge in [0.2, 0.25) is 5.91 Å². The van der Waals surface area contributed by atoms with Crippen LogP contribution in [0.4, 0.5) is 15.9 Å². The van der Waals surface area contributed by atoms with Crippen LogP contribution >= 0.6 is 11.3 Å². The number of carbonyl (C=O) groups excluding carboxylic acids is 2. The van der Waals surface area contributed by atoms with Crippen LogP contribution in [0.5, 0.6) is 5.75 Å². The molecule has 0 saturated heterocycles. The van der Waals surface area contributed by atoms with Gasteiger partial charge in [-0.25, -0.2) is 14.4 Å². The third-order valence-corrected chi connectivity index (χ3v) is 6.74. The first-order valence-corrected chi connectivity index (χ1v) is 11.2. The van der Waals surface area contributed by atoms with Gasteiger partial charge in [0.15, 0.2) is 0 Å². The van der Waals surface area contributed by atoms with Crippen molar-refractivity contribution in [3.63, 3.8) is 0 Å². The molecule has 1 aliphatic rings. The standard InChI is InChI=1S/C22H24FN5O3S/c1-11-18-21(25-10-26-22(18)32-19(11)20(24)30)28-16-8-3-13(23)9-17(16)31-15-6-4-14(5-7-15)27-12(2)29/h3,8-10,14-15H,4-7H2,1-2H3,(H2,24,30)(H,27,29)(H,25,26,28)/t14-,15-. The molecule has 8 nitrogen and oxygen atoms in total. The third-order valence-electron chi connectivity index (χ3n) is 5.52. The number of aromatic nitrogens is 2. The van der Waals surface area contributed by atoms with Gasteiger partial charge in [-0.15, -0.1) is 11.3 Å². The molecule has 0 bridgehead atoms. The fraction of sp³-hybridized carbons (Fsp3) is 0.364. The number of nitrogens with one attached hydrogen (secondary N) is 2. The molecule has 1 fully saturated rings. The van der Waals surface area contributed by atoms with E-state index in [-0.39, 0.29) is 18.1 Å². The average Bonchev–Trinajstić information content (AvgIpc) is 3.09.